The molecule has 0 aliphatic rings. The molecule has 0 aromatic heterocycles. The number of nitrogens with two attached hydrogens (primary N) is 1. The maximum absolute atomic E-state index is 12.8. The maximum Gasteiger partial charge on any atom is 0.419 e. The van der Waals surface area contributed by atoms with Crippen molar-refractivity contribution in [3.05, 3.63) is 29.8 Å². The van der Waals surface area contributed by atoms with Crippen LogP contribution in [-0.4, -0.2) is 25.1 Å². The summed E-state index contributed by atoms with van der Waals surface area (Å²) in [6.45, 7) is 2.04. The van der Waals surface area contributed by atoms with Gasteiger partial charge in [0.2, 0.25) is 5.91 Å². The zero-order valence-corrected chi connectivity index (χ0v) is 13.0. The van der Waals surface area contributed by atoms with Crippen LogP contribution in [0.3, 0.4) is 0 Å². The molecule has 1 rings (SSSR count). The van der Waals surface area contributed by atoms with Crippen LogP contribution in [0.4, 0.5) is 13.2 Å². The Kier molecular flexibility index (Phi) is 8.89. The molecule has 0 saturated carbocycles. The Morgan fingerprint density at radius 2 is 2.00 bits per heavy atom. The monoisotopic (exact) mass is 340 g/mol. The molecular weight excluding hydrogens is 321 g/mol. The molecule has 0 aliphatic carbocycles. The Hall–Kier alpha value is -1.47. The molecule has 1 amide bonds. The zero-order valence-electron chi connectivity index (χ0n) is 12.2. The highest BCUT2D eigenvalue weighted by Gasteiger charge is 2.34. The Bertz CT molecular complexity index is 470. The molecule has 1 unspecified atom stereocenters. The van der Waals surface area contributed by atoms with Crippen molar-refractivity contribution in [2.75, 3.05) is 13.2 Å². The Morgan fingerprint density at radius 1 is 1.36 bits per heavy atom. The Labute approximate surface area is 133 Å². The number of carbonyl (C=O) groups is 1. The first-order chi connectivity index (χ1) is 9.84. The lowest BCUT2D eigenvalue weighted by molar-refractivity contribution is -0.139. The molecular formula is C14H20ClF3N2O2. The lowest BCUT2D eigenvalue weighted by Gasteiger charge is -2.17. The number of hydrogen-bond donors (Lipinski definition) is 2. The van der Waals surface area contributed by atoms with Gasteiger partial charge in [-0.3, -0.25) is 4.79 Å². The van der Waals surface area contributed by atoms with Crippen LogP contribution < -0.4 is 15.8 Å². The summed E-state index contributed by atoms with van der Waals surface area (Å²) in [7, 11) is 0. The molecule has 1 aromatic rings. The van der Waals surface area contributed by atoms with Gasteiger partial charge in [0.15, 0.2) is 0 Å². The van der Waals surface area contributed by atoms with Gasteiger partial charge >= 0.3 is 6.18 Å². The van der Waals surface area contributed by atoms with Crippen LogP contribution in [0.1, 0.15) is 25.3 Å². The second-order valence-electron chi connectivity index (χ2n) is 4.67. The maximum atomic E-state index is 12.8. The Balaban J connectivity index is 0.00000441. The molecule has 4 nitrogen and oxygen atoms in total. The number of halogens is 4. The van der Waals surface area contributed by atoms with E-state index in [9.17, 15) is 18.0 Å². The van der Waals surface area contributed by atoms with Gasteiger partial charge in [0.1, 0.15) is 12.4 Å². The fraction of sp³-hybridized carbons (Fsp3) is 0.500. The highest BCUT2D eigenvalue weighted by Crippen LogP contribution is 2.35. The van der Waals surface area contributed by atoms with E-state index in [-0.39, 0.29) is 30.7 Å². The third kappa shape index (κ3) is 7.00. The first-order valence-electron chi connectivity index (χ1n) is 6.63. The van der Waals surface area contributed by atoms with E-state index in [0.717, 1.165) is 6.07 Å². The van der Waals surface area contributed by atoms with Gasteiger partial charge in [-0.1, -0.05) is 12.1 Å². The molecule has 1 aromatic carbocycles. The molecule has 0 spiro atoms. The largest absolute Gasteiger partial charge is 0.491 e. The Morgan fingerprint density at radius 3 is 2.59 bits per heavy atom. The van der Waals surface area contributed by atoms with E-state index >= 15 is 0 Å². The number of para-hydroxylation sites is 1. The van der Waals surface area contributed by atoms with E-state index in [1.54, 1.807) is 6.92 Å². The molecule has 0 saturated heterocycles. The van der Waals surface area contributed by atoms with Gasteiger partial charge in [-0.25, -0.2) is 0 Å². The van der Waals surface area contributed by atoms with Gasteiger partial charge in [0, 0.05) is 6.42 Å². The molecule has 22 heavy (non-hydrogen) atoms. The summed E-state index contributed by atoms with van der Waals surface area (Å²) in [5.74, 6) is -0.436. The second-order valence-corrected chi connectivity index (χ2v) is 4.67. The summed E-state index contributed by atoms with van der Waals surface area (Å²) in [4.78, 5) is 11.4. The third-order valence-electron chi connectivity index (χ3n) is 2.70. The van der Waals surface area contributed by atoms with Crippen LogP contribution in [0.5, 0.6) is 5.75 Å². The van der Waals surface area contributed by atoms with Crippen molar-refractivity contribution in [1.29, 1.82) is 0 Å². The van der Waals surface area contributed by atoms with Crippen molar-refractivity contribution < 1.29 is 22.7 Å². The minimum atomic E-state index is -4.47. The first kappa shape index (κ1) is 20.5. The number of hydrogen-bond acceptors (Lipinski definition) is 3. The smallest absolute Gasteiger partial charge is 0.419 e. The number of rotatable bonds is 7. The van der Waals surface area contributed by atoms with Crippen molar-refractivity contribution in [3.63, 3.8) is 0 Å². The van der Waals surface area contributed by atoms with E-state index in [4.69, 9.17) is 10.5 Å². The summed E-state index contributed by atoms with van der Waals surface area (Å²) >= 11 is 0. The van der Waals surface area contributed by atoms with E-state index < -0.39 is 17.8 Å². The number of benzene rings is 1. The molecule has 0 fully saturated rings. The SMILES string of the molecule is CC(COc1ccccc1C(F)(F)F)NC(=O)CCCN.Cl. The number of amides is 1. The number of ether oxygens (including phenoxy) is 1. The van der Waals surface area contributed by atoms with E-state index in [0.29, 0.717) is 19.4 Å². The minimum Gasteiger partial charge on any atom is -0.491 e. The summed E-state index contributed by atoms with van der Waals surface area (Å²) < 4.78 is 43.5. The van der Waals surface area contributed by atoms with E-state index in [1.165, 1.54) is 18.2 Å². The quantitative estimate of drug-likeness (QED) is 0.802. The van der Waals surface area contributed by atoms with Crippen molar-refractivity contribution >= 4 is 18.3 Å². The van der Waals surface area contributed by atoms with Gasteiger partial charge in [-0.05, 0) is 32.0 Å². The van der Waals surface area contributed by atoms with Crippen molar-refractivity contribution in [2.45, 2.75) is 32.0 Å². The number of carbonyl (C=O) groups excluding carboxylic acids is 1. The number of nitrogens with one attached hydrogen (secondary N) is 1. The third-order valence-corrected chi connectivity index (χ3v) is 2.70. The first-order valence-corrected chi connectivity index (χ1v) is 6.63. The summed E-state index contributed by atoms with van der Waals surface area (Å²) in [6.07, 6.45) is -3.61. The van der Waals surface area contributed by atoms with Crippen LogP contribution >= 0.6 is 12.4 Å². The van der Waals surface area contributed by atoms with Crippen LogP contribution in [0.2, 0.25) is 0 Å². The van der Waals surface area contributed by atoms with Gasteiger partial charge < -0.3 is 15.8 Å². The van der Waals surface area contributed by atoms with Gasteiger partial charge in [-0.2, -0.15) is 13.2 Å². The summed E-state index contributed by atoms with van der Waals surface area (Å²) in [6, 6.07) is 4.59. The van der Waals surface area contributed by atoms with Crippen LogP contribution in [-0.2, 0) is 11.0 Å². The second kappa shape index (κ2) is 9.53. The molecule has 0 bridgehead atoms. The fourth-order valence-electron chi connectivity index (χ4n) is 1.69. The molecule has 3 N–H and O–H groups in total. The van der Waals surface area contributed by atoms with Crippen LogP contribution in [0.15, 0.2) is 24.3 Å². The van der Waals surface area contributed by atoms with Gasteiger partial charge in [-0.15, -0.1) is 12.4 Å². The van der Waals surface area contributed by atoms with E-state index in [1.807, 2.05) is 0 Å². The van der Waals surface area contributed by atoms with Crippen LogP contribution in [0, 0.1) is 0 Å². The molecule has 0 heterocycles. The summed E-state index contributed by atoms with van der Waals surface area (Å²) in [5, 5.41) is 2.64. The fourth-order valence-corrected chi connectivity index (χ4v) is 1.69. The predicted octanol–water partition coefficient (Wildman–Crippen LogP) is 2.75. The standard InChI is InChI=1S/C14H19F3N2O2.ClH/c1-10(19-13(20)7-4-8-18)9-21-12-6-3-2-5-11(12)14(15,16)17;/h2-3,5-6,10H,4,7-9,18H2,1H3,(H,19,20);1H. The average Bonchev–Trinajstić information content (AvgIpc) is 2.42. The molecule has 126 valence electrons. The van der Waals surface area contributed by atoms with E-state index in [2.05, 4.69) is 5.32 Å². The average molecular weight is 341 g/mol. The lowest BCUT2D eigenvalue weighted by atomic mass is 10.2. The lowest BCUT2D eigenvalue weighted by Crippen LogP contribution is -2.37. The van der Waals surface area contributed by atoms with Gasteiger partial charge in [0.25, 0.3) is 0 Å². The molecule has 0 radical (unpaired) electrons. The zero-order chi connectivity index (χ0) is 15.9. The number of alkyl halides is 3. The summed E-state index contributed by atoms with van der Waals surface area (Å²) in [5.41, 5.74) is 4.46. The minimum absolute atomic E-state index is 0. The van der Waals surface area contributed by atoms with Gasteiger partial charge in [0.05, 0.1) is 11.6 Å². The van der Waals surface area contributed by atoms with Crippen molar-refractivity contribution in [3.8, 4) is 5.75 Å². The highest BCUT2D eigenvalue weighted by atomic mass is 35.5. The topological polar surface area (TPSA) is 64.3 Å². The van der Waals surface area contributed by atoms with Crippen LogP contribution in [0.25, 0.3) is 0 Å². The highest BCUT2D eigenvalue weighted by molar-refractivity contribution is 5.85. The van der Waals surface area contributed by atoms with Crippen molar-refractivity contribution in [1.82, 2.24) is 5.32 Å². The predicted molar refractivity (Wildman–Crippen MR) is 80.1 cm³/mol. The molecule has 8 heteroatoms. The van der Waals surface area contributed by atoms with Crippen molar-refractivity contribution in [2.24, 2.45) is 5.73 Å². The molecule has 1 atom stereocenters. The molecule has 0 aliphatic heterocycles. The normalized spacial score (nSPS) is 12.2.